The summed E-state index contributed by atoms with van der Waals surface area (Å²) in [6.45, 7) is 2.06. The van der Waals surface area contributed by atoms with E-state index in [-0.39, 0.29) is 11.8 Å². The lowest BCUT2D eigenvalue weighted by Gasteiger charge is -2.27. The molecule has 2 fully saturated rings. The maximum atomic E-state index is 13.4. The Bertz CT molecular complexity index is 1030. The highest BCUT2D eigenvalue weighted by Crippen LogP contribution is 2.47. The van der Waals surface area contributed by atoms with E-state index in [4.69, 9.17) is 9.25 Å². The second-order valence-corrected chi connectivity index (χ2v) is 7.21. The fraction of sp³-hybridized carbons (Fsp3) is 0.217. The number of aryl methyl sites for hydroxylation is 1. The van der Waals surface area contributed by atoms with Crippen LogP contribution in [0.5, 0.6) is 0 Å². The molecule has 0 spiro atoms. The average Bonchev–Trinajstić information content (AvgIpc) is 3.47. The van der Waals surface area contributed by atoms with Gasteiger partial charge >= 0.3 is 0 Å². The maximum absolute atomic E-state index is 13.4. The van der Waals surface area contributed by atoms with Crippen LogP contribution < -0.4 is 9.96 Å². The Balaban J connectivity index is 1.54. The first-order valence-corrected chi connectivity index (χ1v) is 9.70. The lowest BCUT2D eigenvalue weighted by molar-refractivity contribution is -0.126. The van der Waals surface area contributed by atoms with Gasteiger partial charge in [0.05, 0.1) is 17.6 Å². The summed E-state index contributed by atoms with van der Waals surface area (Å²) in [5, 5.41) is 1.63. The molecule has 2 saturated heterocycles. The number of hydrogen-bond donors (Lipinski definition) is 0. The van der Waals surface area contributed by atoms with Crippen LogP contribution in [-0.2, 0) is 20.8 Å². The lowest BCUT2D eigenvalue weighted by Crippen LogP contribution is -2.37. The molecule has 2 aliphatic heterocycles. The van der Waals surface area contributed by atoms with Gasteiger partial charge in [0.15, 0.2) is 6.10 Å². The van der Waals surface area contributed by atoms with Crippen molar-refractivity contribution in [2.75, 3.05) is 9.96 Å². The number of para-hydroxylation sites is 1. The van der Waals surface area contributed by atoms with Crippen LogP contribution in [-0.4, -0.2) is 17.9 Å². The maximum Gasteiger partial charge on any atom is 0.266 e. The first kappa shape index (κ1) is 17.7. The highest BCUT2D eigenvalue weighted by molar-refractivity contribution is 6.23. The van der Waals surface area contributed by atoms with Crippen molar-refractivity contribution in [3.8, 4) is 0 Å². The summed E-state index contributed by atoms with van der Waals surface area (Å²) in [6, 6.07) is 20.0. The summed E-state index contributed by atoms with van der Waals surface area (Å²) in [5.74, 6) is -0.714. The van der Waals surface area contributed by atoms with Crippen molar-refractivity contribution < 1.29 is 18.8 Å². The smallest absolute Gasteiger partial charge is 0.266 e. The van der Waals surface area contributed by atoms with Gasteiger partial charge in [-0.1, -0.05) is 37.3 Å². The highest BCUT2D eigenvalue weighted by Gasteiger charge is 2.61. The molecule has 0 saturated carbocycles. The zero-order valence-corrected chi connectivity index (χ0v) is 15.9. The fourth-order valence-corrected chi connectivity index (χ4v) is 4.10. The number of furan rings is 1. The third-order valence-corrected chi connectivity index (χ3v) is 5.56. The van der Waals surface area contributed by atoms with Crippen LogP contribution in [0.4, 0.5) is 11.4 Å². The second-order valence-electron chi connectivity index (χ2n) is 7.21. The topological polar surface area (TPSA) is 63.0 Å². The van der Waals surface area contributed by atoms with Crippen molar-refractivity contribution in [1.82, 2.24) is 0 Å². The summed E-state index contributed by atoms with van der Waals surface area (Å²) >= 11 is 0. The van der Waals surface area contributed by atoms with E-state index in [2.05, 4.69) is 6.92 Å². The molecule has 29 heavy (non-hydrogen) atoms. The number of carbonyl (C=O) groups is 2. The Morgan fingerprint density at radius 3 is 2.28 bits per heavy atom. The largest absolute Gasteiger partial charge is 0.467 e. The molecule has 2 amide bonds. The number of benzene rings is 2. The minimum atomic E-state index is -0.886. The van der Waals surface area contributed by atoms with Gasteiger partial charge in [-0.25, -0.2) is 9.96 Å². The normalized spacial score (nSPS) is 23.7. The fourth-order valence-electron chi connectivity index (χ4n) is 4.10. The Labute approximate surface area is 168 Å². The van der Waals surface area contributed by atoms with E-state index in [0.717, 1.165) is 17.7 Å². The third-order valence-electron chi connectivity index (χ3n) is 5.56. The Morgan fingerprint density at radius 2 is 1.62 bits per heavy atom. The van der Waals surface area contributed by atoms with Crippen molar-refractivity contribution in [3.05, 3.63) is 84.3 Å². The number of imide groups is 1. The number of nitrogens with zero attached hydrogens (tertiary/aromatic N) is 2. The van der Waals surface area contributed by atoms with E-state index in [1.54, 1.807) is 17.4 Å². The SMILES string of the molecule is CCc1ccc(N2C(=O)[C@H]3[C@H](ON(c4ccccc4)[C@H]3c3ccco3)C2=O)cc1. The number of fused-ring (bicyclic) bond motifs is 1. The molecule has 0 bridgehead atoms. The number of carbonyl (C=O) groups excluding carboxylic acids is 2. The predicted octanol–water partition coefficient (Wildman–Crippen LogP) is 3.89. The van der Waals surface area contributed by atoms with Crippen LogP contribution in [0, 0.1) is 5.92 Å². The molecule has 5 rings (SSSR count). The van der Waals surface area contributed by atoms with E-state index in [1.807, 2.05) is 60.7 Å². The monoisotopic (exact) mass is 388 g/mol. The first-order chi connectivity index (χ1) is 14.2. The van der Waals surface area contributed by atoms with Crippen molar-refractivity contribution in [3.63, 3.8) is 0 Å². The van der Waals surface area contributed by atoms with Gasteiger partial charge in [-0.2, -0.15) is 0 Å². The van der Waals surface area contributed by atoms with Gasteiger partial charge in [-0.3, -0.25) is 14.4 Å². The Kier molecular flexibility index (Phi) is 4.21. The molecule has 3 atom stereocenters. The molecule has 2 aliphatic rings. The summed E-state index contributed by atoms with van der Waals surface area (Å²) in [6.07, 6.45) is 1.57. The van der Waals surface area contributed by atoms with Gasteiger partial charge in [0, 0.05) is 0 Å². The first-order valence-electron chi connectivity index (χ1n) is 9.70. The number of hydrogen-bond acceptors (Lipinski definition) is 5. The van der Waals surface area contributed by atoms with Gasteiger partial charge in [-0.15, -0.1) is 0 Å². The summed E-state index contributed by atoms with van der Waals surface area (Å²) < 4.78 is 5.63. The van der Waals surface area contributed by atoms with Crippen molar-refractivity contribution in [2.45, 2.75) is 25.5 Å². The molecule has 6 heteroatoms. The molecule has 0 aliphatic carbocycles. The van der Waals surface area contributed by atoms with Crippen LogP contribution in [0.2, 0.25) is 0 Å². The zero-order chi connectivity index (χ0) is 20.0. The molecular formula is C23H20N2O4. The predicted molar refractivity (Wildman–Crippen MR) is 107 cm³/mol. The molecule has 3 heterocycles. The van der Waals surface area contributed by atoms with Crippen LogP contribution in [0.15, 0.2) is 77.4 Å². The van der Waals surface area contributed by atoms with E-state index >= 15 is 0 Å². The molecule has 0 N–H and O–H groups in total. The minimum Gasteiger partial charge on any atom is -0.467 e. The number of amides is 2. The van der Waals surface area contributed by atoms with Gasteiger partial charge < -0.3 is 4.42 Å². The molecule has 1 aromatic heterocycles. The molecule has 2 aromatic carbocycles. The van der Waals surface area contributed by atoms with Gasteiger partial charge in [0.2, 0.25) is 5.91 Å². The van der Waals surface area contributed by atoms with E-state index in [1.165, 1.54) is 4.90 Å². The molecule has 146 valence electrons. The number of rotatable bonds is 4. The standard InChI is InChI=1S/C23H20N2O4/c1-2-15-10-12-16(13-11-15)24-22(26)19-20(18-9-6-14-28-18)25(29-21(19)23(24)27)17-7-4-3-5-8-17/h3-14,19-21H,2H2,1H3/t19-,20+,21+/m1/s1. The van der Waals surface area contributed by atoms with E-state index in [9.17, 15) is 9.59 Å². The zero-order valence-electron chi connectivity index (χ0n) is 15.9. The van der Waals surface area contributed by atoms with Crippen molar-refractivity contribution in [1.29, 1.82) is 0 Å². The summed E-state index contributed by atoms with van der Waals surface area (Å²) in [7, 11) is 0. The molecular weight excluding hydrogens is 368 g/mol. The molecule has 0 unspecified atom stereocenters. The Hall–Kier alpha value is -3.38. The summed E-state index contributed by atoms with van der Waals surface area (Å²) in [5.41, 5.74) is 2.48. The van der Waals surface area contributed by atoms with Crippen LogP contribution in [0.25, 0.3) is 0 Å². The van der Waals surface area contributed by atoms with Crippen LogP contribution in [0.1, 0.15) is 24.3 Å². The molecule has 0 radical (unpaired) electrons. The van der Waals surface area contributed by atoms with E-state index < -0.39 is 18.1 Å². The van der Waals surface area contributed by atoms with Crippen LogP contribution >= 0.6 is 0 Å². The molecule has 3 aromatic rings. The number of hydroxylamine groups is 1. The van der Waals surface area contributed by atoms with E-state index in [0.29, 0.717) is 11.4 Å². The Morgan fingerprint density at radius 1 is 0.862 bits per heavy atom. The van der Waals surface area contributed by atoms with Crippen molar-refractivity contribution in [2.24, 2.45) is 5.92 Å². The highest BCUT2D eigenvalue weighted by atomic mass is 16.7. The average molecular weight is 388 g/mol. The van der Waals surface area contributed by atoms with Crippen molar-refractivity contribution >= 4 is 23.2 Å². The van der Waals surface area contributed by atoms with Gasteiger partial charge in [-0.05, 0) is 48.4 Å². The summed E-state index contributed by atoms with van der Waals surface area (Å²) in [4.78, 5) is 33.9. The minimum absolute atomic E-state index is 0.274. The van der Waals surface area contributed by atoms with Crippen LogP contribution in [0.3, 0.4) is 0 Å². The second kappa shape index (κ2) is 6.90. The quantitative estimate of drug-likeness (QED) is 0.635. The third kappa shape index (κ3) is 2.76. The van der Waals surface area contributed by atoms with Gasteiger partial charge in [0.25, 0.3) is 5.91 Å². The molecule has 6 nitrogen and oxygen atoms in total. The number of anilines is 2. The van der Waals surface area contributed by atoms with Gasteiger partial charge in [0.1, 0.15) is 17.7 Å². The lowest BCUT2D eigenvalue weighted by atomic mass is 9.94.